The van der Waals surface area contributed by atoms with Gasteiger partial charge in [-0.15, -0.1) is 0 Å². The summed E-state index contributed by atoms with van der Waals surface area (Å²) in [5.41, 5.74) is 0.163. The van der Waals surface area contributed by atoms with Gasteiger partial charge < -0.3 is 14.7 Å². The van der Waals surface area contributed by atoms with E-state index in [-0.39, 0.29) is 18.0 Å². The highest BCUT2D eigenvalue weighted by Crippen LogP contribution is 2.40. The molecular formula is C16H22FNO2. The first-order valence-corrected chi connectivity index (χ1v) is 7.43. The maximum atomic E-state index is 13.0. The van der Waals surface area contributed by atoms with Crippen LogP contribution in [0.3, 0.4) is 0 Å². The predicted molar refractivity (Wildman–Crippen MR) is 76.4 cm³/mol. The van der Waals surface area contributed by atoms with Gasteiger partial charge in [-0.1, -0.05) is 12.8 Å². The molecule has 2 fully saturated rings. The Morgan fingerprint density at radius 1 is 1.25 bits per heavy atom. The van der Waals surface area contributed by atoms with E-state index in [1.54, 1.807) is 12.1 Å². The molecule has 2 aliphatic rings. The second-order valence-electron chi connectivity index (χ2n) is 5.99. The fourth-order valence-electron chi connectivity index (χ4n) is 3.71. The number of aliphatic hydroxyl groups is 1. The SMILES string of the molecule is CN(c1ccc(F)cc1)C1CCOC2CCCC[C@@]21O. The molecule has 1 N–H and O–H groups in total. The normalized spacial score (nSPS) is 33.5. The van der Waals surface area contributed by atoms with Crippen LogP contribution in [0.1, 0.15) is 32.1 Å². The lowest BCUT2D eigenvalue weighted by Crippen LogP contribution is -2.63. The van der Waals surface area contributed by atoms with Crippen molar-refractivity contribution in [2.75, 3.05) is 18.6 Å². The van der Waals surface area contributed by atoms with E-state index >= 15 is 0 Å². The van der Waals surface area contributed by atoms with Crippen LogP contribution in [0.2, 0.25) is 0 Å². The van der Waals surface area contributed by atoms with Gasteiger partial charge in [0.15, 0.2) is 0 Å². The molecular weight excluding hydrogens is 257 g/mol. The first-order valence-electron chi connectivity index (χ1n) is 7.43. The van der Waals surface area contributed by atoms with Crippen molar-refractivity contribution in [2.24, 2.45) is 0 Å². The summed E-state index contributed by atoms with van der Waals surface area (Å²) in [5, 5.41) is 11.1. The summed E-state index contributed by atoms with van der Waals surface area (Å²) in [6.45, 7) is 0.684. The smallest absolute Gasteiger partial charge is 0.123 e. The Bertz CT molecular complexity index is 462. The summed E-state index contributed by atoms with van der Waals surface area (Å²) >= 11 is 0. The molecule has 1 aromatic carbocycles. The molecule has 0 radical (unpaired) electrons. The molecule has 0 spiro atoms. The molecule has 0 aromatic heterocycles. The summed E-state index contributed by atoms with van der Waals surface area (Å²) in [6.07, 6.45) is 4.64. The highest BCUT2D eigenvalue weighted by atomic mass is 19.1. The molecule has 1 saturated heterocycles. The molecule has 1 aromatic rings. The number of halogens is 1. The van der Waals surface area contributed by atoms with Gasteiger partial charge in [0.1, 0.15) is 11.4 Å². The molecule has 1 aliphatic heterocycles. The van der Waals surface area contributed by atoms with E-state index in [0.717, 1.165) is 37.8 Å². The Balaban J connectivity index is 1.85. The number of benzene rings is 1. The number of hydrogen-bond donors (Lipinski definition) is 1. The van der Waals surface area contributed by atoms with Crippen LogP contribution in [-0.4, -0.2) is 36.5 Å². The van der Waals surface area contributed by atoms with Crippen molar-refractivity contribution in [3.05, 3.63) is 30.1 Å². The first kappa shape index (κ1) is 13.8. The molecule has 3 rings (SSSR count). The van der Waals surface area contributed by atoms with Crippen molar-refractivity contribution in [1.29, 1.82) is 0 Å². The van der Waals surface area contributed by atoms with Gasteiger partial charge in [0, 0.05) is 19.3 Å². The second kappa shape index (κ2) is 5.34. The van der Waals surface area contributed by atoms with Crippen molar-refractivity contribution in [3.63, 3.8) is 0 Å². The van der Waals surface area contributed by atoms with E-state index in [9.17, 15) is 9.50 Å². The third kappa shape index (κ3) is 2.31. The quantitative estimate of drug-likeness (QED) is 0.903. The van der Waals surface area contributed by atoms with Crippen LogP contribution in [0, 0.1) is 5.82 Å². The minimum absolute atomic E-state index is 0.0343. The fourth-order valence-corrected chi connectivity index (χ4v) is 3.71. The molecule has 1 saturated carbocycles. The van der Waals surface area contributed by atoms with Crippen LogP contribution in [0.15, 0.2) is 24.3 Å². The van der Waals surface area contributed by atoms with Crippen molar-refractivity contribution in [2.45, 2.75) is 49.9 Å². The molecule has 3 nitrogen and oxygen atoms in total. The van der Waals surface area contributed by atoms with Gasteiger partial charge in [-0.3, -0.25) is 0 Å². The van der Waals surface area contributed by atoms with Gasteiger partial charge in [0.2, 0.25) is 0 Å². The van der Waals surface area contributed by atoms with E-state index in [2.05, 4.69) is 4.90 Å². The standard InChI is InChI=1S/C16H22FNO2/c1-18(13-7-5-12(17)6-8-13)14-9-11-20-15-4-2-3-10-16(14,15)19/h5-8,14-15,19H,2-4,9-11H2,1H3/t14?,15?,16-/m0/s1. The van der Waals surface area contributed by atoms with E-state index < -0.39 is 5.60 Å². The Morgan fingerprint density at radius 3 is 2.75 bits per heavy atom. The van der Waals surface area contributed by atoms with E-state index in [1.807, 2.05) is 7.05 Å². The summed E-state index contributed by atoms with van der Waals surface area (Å²) in [6, 6.07) is 6.51. The van der Waals surface area contributed by atoms with Gasteiger partial charge in [-0.2, -0.15) is 0 Å². The molecule has 1 heterocycles. The lowest BCUT2D eigenvalue weighted by Gasteiger charge is -2.51. The monoisotopic (exact) mass is 279 g/mol. The summed E-state index contributed by atoms with van der Waals surface area (Å²) in [5.74, 6) is -0.233. The van der Waals surface area contributed by atoms with Gasteiger partial charge in [-0.05, 0) is 43.5 Å². The van der Waals surface area contributed by atoms with Gasteiger partial charge >= 0.3 is 0 Å². The molecule has 0 bridgehead atoms. The first-order chi connectivity index (χ1) is 9.61. The number of anilines is 1. The van der Waals surface area contributed by atoms with Gasteiger partial charge in [0.25, 0.3) is 0 Å². The Hall–Kier alpha value is -1.13. The maximum Gasteiger partial charge on any atom is 0.123 e. The average molecular weight is 279 g/mol. The molecule has 2 unspecified atom stereocenters. The average Bonchev–Trinajstić information content (AvgIpc) is 2.46. The molecule has 1 aliphatic carbocycles. The number of ether oxygens (including phenoxy) is 1. The van der Waals surface area contributed by atoms with Crippen LogP contribution in [0.4, 0.5) is 10.1 Å². The van der Waals surface area contributed by atoms with Crippen LogP contribution in [0.25, 0.3) is 0 Å². The van der Waals surface area contributed by atoms with Crippen LogP contribution < -0.4 is 4.90 Å². The fraction of sp³-hybridized carbons (Fsp3) is 0.625. The number of nitrogens with zero attached hydrogens (tertiary/aromatic N) is 1. The third-order valence-electron chi connectivity index (χ3n) is 4.84. The largest absolute Gasteiger partial charge is 0.385 e. The summed E-state index contributed by atoms with van der Waals surface area (Å²) in [4.78, 5) is 2.08. The highest BCUT2D eigenvalue weighted by Gasteiger charge is 2.50. The number of likely N-dealkylation sites (N-methyl/N-ethyl adjacent to an activating group) is 1. The van der Waals surface area contributed by atoms with Crippen molar-refractivity contribution >= 4 is 5.69 Å². The van der Waals surface area contributed by atoms with Gasteiger partial charge in [-0.25, -0.2) is 4.39 Å². The molecule has 4 heteroatoms. The van der Waals surface area contributed by atoms with Crippen LogP contribution >= 0.6 is 0 Å². The molecule has 3 atom stereocenters. The number of fused-ring (bicyclic) bond motifs is 1. The predicted octanol–water partition coefficient (Wildman–Crippen LogP) is 2.72. The Kier molecular flexibility index (Phi) is 3.69. The minimum atomic E-state index is -0.778. The minimum Gasteiger partial charge on any atom is -0.385 e. The van der Waals surface area contributed by atoms with Gasteiger partial charge in [0.05, 0.1) is 12.1 Å². The lowest BCUT2D eigenvalue weighted by atomic mass is 9.74. The zero-order valence-electron chi connectivity index (χ0n) is 11.9. The molecule has 20 heavy (non-hydrogen) atoms. The van der Waals surface area contributed by atoms with E-state index in [0.29, 0.717) is 6.61 Å². The second-order valence-corrected chi connectivity index (χ2v) is 5.99. The maximum absolute atomic E-state index is 13.0. The number of hydrogen-bond acceptors (Lipinski definition) is 3. The zero-order valence-corrected chi connectivity index (χ0v) is 11.9. The summed E-state index contributed by atoms with van der Waals surface area (Å²) < 4.78 is 18.8. The van der Waals surface area contributed by atoms with Crippen molar-refractivity contribution in [3.8, 4) is 0 Å². The Morgan fingerprint density at radius 2 is 2.00 bits per heavy atom. The lowest BCUT2D eigenvalue weighted by molar-refractivity contribution is -0.173. The van der Waals surface area contributed by atoms with E-state index in [4.69, 9.17) is 4.74 Å². The molecule has 0 amide bonds. The topological polar surface area (TPSA) is 32.7 Å². The van der Waals surface area contributed by atoms with Crippen molar-refractivity contribution < 1.29 is 14.2 Å². The Labute approximate surface area is 119 Å². The van der Waals surface area contributed by atoms with Crippen LogP contribution in [0.5, 0.6) is 0 Å². The van der Waals surface area contributed by atoms with Crippen LogP contribution in [-0.2, 0) is 4.74 Å². The van der Waals surface area contributed by atoms with E-state index in [1.165, 1.54) is 12.1 Å². The van der Waals surface area contributed by atoms with Crippen molar-refractivity contribution in [1.82, 2.24) is 0 Å². The summed E-state index contributed by atoms with van der Waals surface area (Å²) in [7, 11) is 1.98. The molecule has 110 valence electrons. The number of rotatable bonds is 2. The third-order valence-corrected chi connectivity index (χ3v) is 4.84. The zero-order chi connectivity index (χ0) is 14.2. The highest BCUT2D eigenvalue weighted by molar-refractivity contribution is 5.47.